The highest BCUT2D eigenvalue weighted by Gasteiger charge is 2.31. The van der Waals surface area contributed by atoms with Crippen LogP contribution in [0.3, 0.4) is 0 Å². The minimum atomic E-state index is -3.90. The lowest BCUT2D eigenvalue weighted by atomic mass is 10.2. The van der Waals surface area contributed by atoms with E-state index in [1.165, 1.54) is 24.3 Å². The van der Waals surface area contributed by atoms with Gasteiger partial charge >= 0.3 is 0 Å². The van der Waals surface area contributed by atoms with Gasteiger partial charge in [-0.2, -0.15) is 0 Å². The Bertz CT molecular complexity index is 1260. The molecule has 0 spiro atoms. The number of carbonyl (C=O) groups excluding carboxylic acids is 2. The molecule has 0 unspecified atom stereocenters. The van der Waals surface area contributed by atoms with Crippen LogP contribution in [0.15, 0.2) is 53.4 Å². The third-order valence-corrected chi connectivity index (χ3v) is 8.77. The molecule has 0 bridgehead atoms. The molecule has 0 saturated carbocycles. The summed E-state index contributed by atoms with van der Waals surface area (Å²) < 4.78 is 50.5. The van der Waals surface area contributed by atoms with Crippen molar-refractivity contribution >= 4 is 43.0 Å². The van der Waals surface area contributed by atoms with Crippen LogP contribution in [0.25, 0.3) is 0 Å². The first-order chi connectivity index (χ1) is 15.1. The van der Waals surface area contributed by atoms with Gasteiger partial charge < -0.3 is 10.2 Å². The first-order valence-corrected chi connectivity index (χ1v) is 13.5. The largest absolute Gasteiger partial charge is 0.322 e. The number of sulfone groups is 1. The van der Waals surface area contributed by atoms with Gasteiger partial charge in [0.25, 0.3) is 5.91 Å². The van der Waals surface area contributed by atoms with Crippen LogP contribution in [0.4, 0.5) is 11.4 Å². The molecule has 2 aliphatic rings. The maximum absolute atomic E-state index is 12.6. The van der Waals surface area contributed by atoms with E-state index in [2.05, 4.69) is 10.0 Å². The first-order valence-electron chi connectivity index (χ1n) is 10.2. The first kappa shape index (κ1) is 22.4. The number of rotatable bonds is 6. The molecule has 11 heteroatoms. The number of nitrogens with one attached hydrogen (secondary N) is 2. The van der Waals surface area contributed by atoms with Crippen LogP contribution in [-0.4, -0.2) is 52.7 Å². The van der Waals surface area contributed by atoms with Gasteiger partial charge in [-0.3, -0.25) is 9.59 Å². The van der Waals surface area contributed by atoms with Gasteiger partial charge in [-0.1, -0.05) is 6.07 Å². The minimum Gasteiger partial charge on any atom is -0.322 e. The smallest absolute Gasteiger partial charge is 0.255 e. The van der Waals surface area contributed by atoms with E-state index >= 15 is 0 Å². The zero-order chi connectivity index (χ0) is 22.9. The third kappa shape index (κ3) is 5.00. The molecule has 0 radical (unpaired) electrons. The number of carbonyl (C=O) groups is 2. The highest BCUT2D eigenvalue weighted by molar-refractivity contribution is 7.92. The van der Waals surface area contributed by atoms with Crippen molar-refractivity contribution in [3.05, 3.63) is 54.1 Å². The predicted octanol–water partition coefficient (Wildman–Crippen LogP) is 1.53. The van der Waals surface area contributed by atoms with Gasteiger partial charge in [-0.25, -0.2) is 21.6 Å². The Hall–Kier alpha value is -2.76. The molecule has 2 N–H and O–H groups in total. The molecule has 170 valence electrons. The number of sulfonamides is 1. The van der Waals surface area contributed by atoms with Gasteiger partial charge in [0.05, 0.1) is 16.4 Å². The fourth-order valence-corrected chi connectivity index (χ4v) is 6.89. The zero-order valence-corrected chi connectivity index (χ0v) is 18.8. The standard InChI is InChI=1S/C21H23N3O6S2/c25-20-5-2-11-24(20)18-4-1-3-16(13-18)22-21(26)15-6-8-19(9-7-15)32(29,30)23-17-10-12-31(27,28)14-17/h1,3-4,6-9,13,17,23H,2,5,10-12,14H2,(H,22,26)/t17-/m0/s1. The van der Waals surface area contributed by atoms with E-state index in [9.17, 15) is 26.4 Å². The van der Waals surface area contributed by atoms with Crippen LogP contribution in [0.2, 0.25) is 0 Å². The number of anilines is 2. The fourth-order valence-electron chi connectivity index (χ4n) is 3.84. The highest BCUT2D eigenvalue weighted by atomic mass is 32.2. The second kappa shape index (κ2) is 8.64. The van der Waals surface area contributed by atoms with Crippen molar-refractivity contribution in [2.75, 3.05) is 28.3 Å². The summed E-state index contributed by atoms with van der Waals surface area (Å²) >= 11 is 0. The maximum atomic E-state index is 12.6. The van der Waals surface area contributed by atoms with Crippen molar-refractivity contribution in [2.24, 2.45) is 0 Å². The number of hydrogen-bond donors (Lipinski definition) is 2. The third-order valence-electron chi connectivity index (χ3n) is 5.47. The van der Waals surface area contributed by atoms with Gasteiger partial charge in [-0.05, 0) is 55.3 Å². The Morgan fingerprint density at radius 2 is 1.84 bits per heavy atom. The molecule has 2 fully saturated rings. The summed E-state index contributed by atoms with van der Waals surface area (Å²) in [5.74, 6) is -0.621. The Balaban J connectivity index is 1.43. The van der Waals surface area contributed by atoms with Crippen LogP contribution in [0, 0.1) is 0 Å². The Morgan fingerprint density at radius 3 is 2.47 bits per heavy atom. The summed E-state index contributed by atoms with van der Waals surface area (Å²) in [6.07, 6.45) is 1.55. The van der Waals surface area contributed by atoms with Crippen molar-refractivity contribution in [3.63, 3.8) is 0 Å². The van der Waals surface area contributed by atoms with E-state index in [1.807, 2.05) is 0 Å². The molecule has 2 aromatic rings. The van der Waals surface area contributed by atoms with Crippen molar-refractivity contribution in [3.8, 4) is 0 Å². The molecule has 1 atom stereocenters. The molecule has 2 heterocycles. The van der Waals surface area contributed by atoms with Crippen LogP contribution in [-0.2, 0) is 24.7 Å². The molecule has 2 aromatic carbocycles. The van der Waals surface area contributed by atoms with E-state index in [-0.39, 0.29) is 34.3 Å². The number of hydrogen-bond acceptors (Lipinski definition) is 6. The second-order valence-corrected chi connectivity index (χ2v) is 11.8. The minimum absolute atomic E-state index is 0.0353. The molecule has 32 heavy (non-hydrogen) atoms. The number of benzene rings is 2. The molecule has 2 amide bonds. The van der Waals surface area contributed by atoms with Gasteiger partial charge in [0, 0.05) is 35.9 Å². The van der Waals surface area contributed by atoms with Gasteiger partial charge in [0.15, 0.2) is 9.84 Å². The van der Waals surface area contributed by atoms with E-state index in [0.717, 1.165) is 6.42 Å². The van der Waals surface area contributed by atoms with Gasteiger partial charge in [-0.15, -0.1) is 0 Å². The molecule has 2 saturated heterocycles. The van der Waals surface area contributed by atoms with Crippen LogP contribution >= 0.6 is 0 Å². The Morgan fingerprint density at radius 1 is 1.09 bits per heavy atom. The molecule has 0 aliphatic carbocycles. The average Bonchev–Trinajstić information content (AvgIpc) is 3.32. The molecule has 0 aromatic heterocycles. The summed E-state index contributed by atoms with van der Waals surface area (Å²) in [5, 5.41) is 2.75. The lowest BCUT2D eigenvalue weighted by molar-refractivity contribution is -0.117. The predicted molar refractivity (Wildman–Crippen MR) is 120 cm³/mol. The molecular weight excluding hydrogens is 454 g/mol. The Kier molecular flexibility index (Phi) is 6.06. The van der Waals surface area contributed by atoms with Gasteiger partial charge in [0.2, 0.25) is 15.9 Å². The molecule has 4 rings (SSSR count). The fraction of sp³-hybridized carbons (Fsp3) is 0.333. The lowest BCUT2D eigenvalue weighted by Crippen LogP contribution is -2.35. The van der Waals surface area contributed by atoms with Crippen molar-refractivity contribution in [1.82, 2.24) is 4.72 Å². The normalized spacial score (nSPS) is 20.4. The van der Waals surface area contributed by atoms with Crippen molar-refractivity contribution in [1.29, 1.82) is 0 Å². The maximum Gasteiger partial charge on any atom is 0.255 e. The van der Waals surface area contributed by atoms with Crippen LogP contribution < -0.4 is 14.9 Å². The summed E-state index contributed by atoms with van der Waals surface area (Å²) in [7, 11) is -7.11. The monoisotopic (exact) mass is 477 g/mol. The lowest BCUT2D eigenvalue weighted by Gasteiger charge is -2.17. The van der Waals surface area contributed by atoms with Gasteiger partial charge in [0.1, 0.15) is 0 Å². The topological polar surface area (TPSA) is 130 Å². The van der Waals surface area contributed by atoms with Crippen molar-refractivity contribution < 1.29 is 26.4 Å². The SMILES string of the molecule is O=C(Nc1cccc(N2CCCC2=O)c1)c1ccc(S(=O)(=O)N[C@H]2CCS(=O)(=O)C2)cc1. The second-order valence-electron chi connectivity index (χ2n) is 7.90. The number of nitrogens with zero attached hydrogens (tertiary/aromatic N) is 1. The van der Waals surface area contributed by atoms with Crippen LogP contribution in [0.1, 0.15) is 29.6 Å². The average molecular weight is 478 g/mol. The summed E-state index contributed by atoms with van der Waals surface area (Å²) in [5.41, 5.74) is 1.50. The summed E-state index contributed by atoms with van der Waals surface area (Å²) in [6, 6.07) is 11.7. The van der Waals surface area contributed by atoms with Crippen LogP contribution in [0.5, 0.6) is 0 Å². The van der Waals surface area contributed by atoms with E-state index in [1.54, 1.807) is 29.2 Å². The summed E-state index contributed by atoms with van der Waals surface area (Å²) in [6.45, 7) is 0.646. The van der Waals surface area contributed by atoms with E-state index in [4.69, 9.17) is 0 Å². The highest BCUT2D eigenvalue weighted by Crippen LogP contribution is 2.24. The summed E-state index contributed by atoms with van der Waals surface area (Å²) in [4.78, 5) is 26.2. The van der Waals surface area contributed by atoms with E-state index in [0.29, 0.717) is 24.3 Å². The Labute approximate surface area is 186 Å². The molecular formula is C21H23N3O6S2. The van der Waals surface area contributed by atoms with E-state index < -0.39 is 31.8 Å². The van der Waals surface area contributed by atoms with Crippen molar-refractivity contribution in [2.45, 2.75) is 30.2 Å². The quantitative estimate of drug-likeness (QED) is 0.649. The number of amides is 2. The molecule has 9 nitrogen and oxygen atoms in total. The zero-order valence-electron chi connectivity index (χ0n) is 17.2. The molecule has 2 aliphatic heterocycles.